The molecule has 0 fully saturated rings. The number of hydrogen-bond acceptors (Lipinski definition) is 3. The fourth-order valence-corrected chi connectivity index (χ4v) is 1.95. The van der Waals surface area contributed by atoms with Gasteiger partial charge >= 0.3 is 5.97 Å². The van der Waals surface area contributed by atoms with E-state index in [-0.39, 0.29) is 18.1 Å². The average Bonchev–Trinajstić information content (AvgIpc) is 2.47. The summed E-state index contributed by atoms with van der Waals surface area (Å²) in [5.41, 5.74) is 1.21. The van der Waals surface area contributed by atoms with Crippen molar-refractivity contribution >= 4 is 11.9 Å². The summed E-state index contributed by atoms with van der Waals surface area (Å²) in [6.07, 6.45) is 0.114. The third kappa shape index (κ3) is 4.07. The van der Waals surface area contributed by atoms with Gasteiger partial charge in [-0.25, -0.2) is 4.79 Å². The van der Waals surface area contributed by atoms with Gasteiger partial charge in [0, 0.05) is 0 Å². The topological polar surface area (TPSA) is 86.6 Å². The van der Waals surface area contributed by atoms with Crippen molar-refractivity contribution in [2.45, 2.75) is 12.5 Å². The number of carbonyl (C=O) groups is 2. The van der Waals surface area contributed by atoms with Crippen molar-refractivity contribution in [2.24, 2.45) is 0 Å². The molecule has 108 valence electrons. The quantitative estimate of drug-likeness (QED) is 0.782. The zero-order valence-corrected chi connectivity index (χ0v) is 11.2. The summed E-state index contributed by atoms with van der Waals surface area (Å²) in [5.74, 6) is -1.48. The van der Waals surface area contributed by atoms with E-state index in [1.807, 2.05) is 18.2 Å². The molecule has 0 heterocycles. The number of aromatic hydroxyl groups is 1. The van der Waals surface area contributed by atoms with E-state index in [4.69, 9.17) is 0 Å². The number of amides is 1. The van der Waals surface area contributed by atoms with E-state index in [0.717, 1.165) is 5.56 Å². The van der Waals surface area contributed by atoms with Crippen molar-refractivity contribution in [1.82, 2.24) is 5.32 Å². The molecule has 0 radical (unpaired) electrons. The van der Waals surface area contributed by atoms with Gasteiger partial charge in [0.05, 0.1) is 6.42 Å². The van der Waals surface area contributed by atoms with Gasteiger partial charge in [-0.1, -0.05) is 42.5 Å². The summed E-state index contributed by atoms with van der Waals surface area (Å²) in [5, 5.41) is 20.9. The number of carboxylic acid groups (broad SMARTS) is 1. The summed E-state index contributed by atoms with van der Waals surface area (Å²) in [4.78, 5) is 23.2. The summed E-state index contributed by atoms with van der Waals surface area (Å²) in [7, 11) is 0. The van der Waals surface area contributed by atoms with Crippen LogP contribution in [0.5, 0.6) is 5.75 Å². The number of carbonyl (C=O) groups excluding carboxylic acids is 1. The number of carboxylic acids is 1. The van der Waals surface area contributed by atoms with Gasteiger partial charge in [-0.3, -0.25) is 4.79 Å². The van der Waals surface area contributed by atoms with E-state index in [2.05, 4.69) is 5.32 Å². The Balaban J connectivity index is 2.08. The lowest BCUT2D eigenvalue weighted by Gasteiger charge is -2.15. The molecular weight excluding hydrogens is 270 g/mol. The van der Waals surface area contributed by atoms with Crippen molar-refractivity contribution in [1.29, 1.82) is 0 Å². The highest BCUT2D eigenvalue weighted by Crippen LogP contribution is 2.17. The largest absolute Gasteiger partial charge is 0.508 e. The maximum Gasteiger partial charge on any atom is 0.330 e. The highest BCUT2D eigenvalue weighted by atomic mass is 16.4. The van der Waals surface area contributed by atoms with E-state index < -0.39 is 12.0 Å². The van der Waals surface area contributed by atoms with Crippen LogP contribution < -0.4 is 5.32 Å². The highest BCUT2D eigenvalue weighted by Gasteiger charge is 2.21. The Morgan fingerprint density at radius 1 is 1.00 bits per heavy atom. The van der Waals surface area contributed by atoms with Crippen LogP contribution >= 0.6 is 0 Å². The van der Waals surface area contributed by atoms with Crippen LogP contribution in [0.3, 0.4) is 0 Å². The minimum Gasteiger partial charge on any atom is -0.508 e. The molecule has 21 heavy (non-hydrogen) atoms. The summed E-state index contributed by atoms with van der Waals surface area (Å²) >= 11 is 0. The van der Waals surface area contributed by atoms with Crippen LogP contribution in [-0.4, -0.2) is 22.1 Å². The zero-order chi connectivity index (χ0) is 15.2. The lowest BCUT2D eigenvalue weighted by atomic mass is 10.1. The standard InChI is InChI=1S/C16H15NO4/c18-13-8-6-12(7-9-13)15(16(20)21)17-14(19)10-11-4-2-1-3-5-11/h1-9,15,18H,10H2,(H,17,19)(H,20,21)/t15-/m0/s1. The molecule has 0 aromatic heterocycles. The fraction of sp³-hybridized carbons (Fsp3) is 0.125. The fourth-order valence-electron chi connectivity index (χ4n) is 1.95. The van der Waals surface area contributed by atoms with Gasteiger partial charge in [-0.15, -0.1) is 0 Å². The molecule has 0 aliphatic heterocycles. The molecule has 0 saturated heterocycles. The second-order valence-corrected chi connectivity index (χ2v) is 4.59. The lowest BCUT2D eigenvalue weighted by molar-refractivity contribution is -0.141. The van der Waals surface area contributed by atoms with E-state index in [1.54, 1.807) is 12.1 Å². The van der Waals surface area contributed by atoms with Gasteiger partial charge in [0.1, 0.15) is 5.75 Å². The van der Waals surface area contributed by atoms with Crippen LogP contribution in [0.4, 0.5) is 0 Å². The normalized spacial score (nSPS) is 11.6. The lowest BCUT2D eigenvalue weighted by Crippen LogP contribution is -2.34. The number of rotatable bonds is 5. The third-order valence-corrected chi connectivity index (χ3v) is 2.99. The molecule has 2 aromatic carbocycles. The minimum atomic E-state index is -1.15. The van der Waals surface area contributed by atoms with E-state index in [1.165, 1.54) is 24.3 Å². The minimum absolute atomic E-state index is 0.0403. The maximum absolute atomic E-state index is 11.9. The van der Waals surface area contributed by atoms with E-state index in [9.17, 15) is 19.8 Å². The third-order valence-electron chi connectivity index (χ3n) is 2.99. The first-order chi connectivity index (χ1) is 10.1. The molecule has 2 aromatic rings. The van der Waals surface area contributed by atoms with Crippen molar-refractivity contribution < 1.29 is 19.8 Å². The van der Waals surface area contributed by atoms with Crippen LogP contribution in [0.1, 0.15) is 17.2 Å². The highest BCUT2D eigenvalue weighted by molar-refractivity contribution is 5.85. The molecule has 0 saturated carbocycles. The first-order valence-electron chi connectivity index (χ1n) is 6.41. The second kappa shape index (κ2) is 6.56. The zero-order valence-electron chi connectivity index (χ0n) is 11.2. The van der Waals surface area contributed by atoms with Gasteiger partial charge in [0.15, 0.2) is 6.04 Å². The second-order valence-electron chi connectivity index (χ2n) is 4.59. The molecule has 0 aliphatic rings. The Morgan fingerprint density at radius 3 is 2.19 bits per heavy atom. The van der Waals surface area contributed by atoms with Crippen molar-refractivity contribution in [3.05, 3.63) is 65.7 Å². The SMILES string of the molecule is O=C(Cc1ccccc1)N[C@H](C(=O)O)c1ccc(O)cc1. The molecule has 0 unspecified atom stereocenters. The predicted molar refractivity (Wildman–Crippen MR) is 76.8 cm³/mol. The van der Waals surface area contributed by atoms with Crippen LogP contribution in [-0.2, 0) is 16.0 Å². The molecule has 1 amide bonds. The predicted octanol–water partition coefficient (Wildman–Crippen LogP) is 1.88. The molecule has 0 bridgehead atoms. The molecule has 5 heteroatoms. The number of hydrogen-bond donors (Lipinski definition) is 3. The number of phenols is 1. The number of benzene rings is 2. The summed E-state index contributed by atoms with van der Waals surface area (Å²) in [6, 6.07) is 13.6. The van der Waals surface area contributed by atoms with Crippen LogP contribution in [0.25, 0.3) is 0 Å². The average molecular weight is 285 g/mol. The van der Waals surface area contributed by atoms with E-state index >= 15 is 0 Å². The monoisotopic (exact) mass is 285 g/mol. The molecule has 3 N–H and O–H groups in total. The number of phenolic OH excluding ortho intramolecular Hbond substituents is 1. The number of nitrogens with one attached hydrogen (secondary N) is 1. The van der Waals surface area contributed by atoms with Gasteiger partial charge < -0.3 is 15.5 Å². The molecular formula is C16H15NO4. The molecule has 0 spiro atoms. The molecule has 0 aliphatic carbocycles. The van der Waals surface area contributed by atoms with Gasteiger partial charge in [-0.05, 0) is 23.3 Å². The molecule has 5 nitrogen and oxygen atoms in total. The van der Waals surface area contributed by atoms with Crippen molar-refractivity contribution in [3.63, 3.8) is 0 Å². The Kier molecular flexibility index (Phi) is 4.56. The Morgan fingerprint density at radius 2 is 1.62 bits per heavy atom. The first kappa shape index (κ1) is 14.6. The Bertz CT molecular complexity index is 622. The molecule has 2 rings (SSSR count). The van der Waals surface area contributed by atoms with Crippen LogP contribution in [0.15, 0.2) is 54.6 Å². The van der Waals surface area contributed by atoms with Crippen LogP contribution in [0, 0.1) is 0 Å². The van der Waals surface area contributed by atoms with Gasteiger partial charge in [0.2, 0.25) is 5.91 Å². The van der Waals surface area contributed by atoms with E-state index in [0.29, 0.717) is 5.56 Å². The van der Waals surface area contributed by atoms with Crippen molar-refractivity contribution in [2.75, 3.05) is 0 Å². The first-order valence-corrected chi connectivity index (χ1v) is 6.41. The van der Waals surface area contributed by atoms with Crippen molar-refractivity contribution in [3.8, 4) is 5.75 Å². The summed E-state index contributed by atoms with van der Waals surface area (Å²) < 4.78 is 0. The Hall–Kier alpha value is -2.82. The van der Waals surface area contributed by atoms with Gasteiger partial charge in [0.25, 0.3) is 0 Å². The molecule has 1 atom stereocenters. The smallest absolute Gasteiger partial charge is 0.330 e. The van der Waals surface area contributed by atoms with Crippen LogP contribution in [0.2, 0.25) is 0 Å². The van der Waals surface area contributed by atoms with Gasteiger partial charge in [-0.2, -0.15) is 0 Å². The number of aliphatic carboxylic acids is 1. The Labute approximate surface area is 121 Å². The maximum atomic E-state index is 11.9. The summed E-state index contributed by atoms with van der Waals surface area (Å²) in [6.45, 7) is 0.